The van der Waals surface area contributed by atoms with Crippen LogP contribution in [0.25, 0.3) is 0 Å². The van der Waals surface area contributed by atoms with Crippen LogP contribution in [-0.2, 0) is 14.3 Å². The number of esters is 1. The van der Waals surface area contributed by atoms with Gasteiger partial charge in [-0.25, -0.2) is 9.59 Å². The van der Waals surface area contributed by atoms with Crippen LogP contribution in [0.4, 0.5) is 4.79 Å². The number of hydrogen-bond donors (Lipinski definition) is 2. The summed E-state index contributed by atoms with van der Waals surface area (Å²) in [6.45, 7) is 4.35. The van der Waals surface area contributed by atoms with Crippen LogP contribution in [0.2, 0.25) is 0 Å². The van der Waals surface area contributed by atoms with E-state index in [-0.39, 0.29) is 12.1 Å². The molecular formula is C10H18N2O4. The summed E-state index contributed by atoms with van der Waals surface area (Å²) < 4.78 is 9.70. The fourth-order valence-corrected chi connectivity index (χ4v) is 1.46. The Morgan fingerprint density at radius 3 is 2.62 bits per heavy atom. The summed E-state index contributed by atoms with van der Waals surface area (Å²) in [5.41, 5.74) is -1.03. The van der Waals surface area contributed by atoms with Crippen LogP contribution < -0.4 is 10.6 Å². The van der Waals surface area contributed by atoms with Crippen molar-refractivity contribution in [2.45, 2.75) is 31.8 Å². The molecule has 0 saturated carbocycles. The van der Waals surface area contributed by atoms with Crippen LogP contribution in [0.3, 0.4) is 0 Å². The molecule has 1 unspecified atom stereocenters. The van der Waals surface area contributed by atoms with Gasteiger partial charge >= 0.3 is 12.0 Å². The van der Waals surface area contributed by atoms with E-state index in [1.54, 1.807) is 13.8 Å². The third kappa shape index (κ3) is 3.37. The highest BCUT2D eigenvalue weighted by Gasteiger charge is 2.31. The fourth-order valence-electron chi connectivity index (χ4n) is 1.46. The summed E-state index contributed by atoms with van der Waals surface area (Å²) in [5, 5.41) is 5.28. The molecule has 6 heteroatoms. The maximum atomic E-state index is 11.5. The van der Waals surface area contributed by atoms with Crippen molar-refractivity contribution in [2.75, 3.05) is 20.3 Å². The van der Waals surface area contributed by atoms with E-state index in [0.717, 1.165) is 6.42 Å². The zero-order chi connectivity index (χ0) is 12.2. The molecule has 92 valence electrons. The van der Waals surface area contributed by atoms with E-state index in [4.69, 9.17) is 4.74 Å². The average Bonchev–Trinajstić information content (AvgIpc) is 2.67. The van der Waals surface area contributed by atoms with Gasteiger partial charge in [0, 0.05) is 6.61 Å². The van der Waals surface area contributed by atoms with Crippen LogP contribution >= 0.6 is 0 Å². The van der Waals surface area contributed by atoms with Crippen molar-refractivity contribution < 1.29 is 19.1 Å². The number of rotatable bonds is 3. The Bertz CT molecular complexity index is 272. The summed E-state index contributed by atoms with van der Waals surface area (Å²) in [6.07, 6.45) is 0.798. The van der Waals surface area contributed by atoms with Crippen LogP contribution in [0.1, 0.15) is 20.3 Å². The Kier molecular flexibility index (Phi) is 4.12. The minimum atomic E-state index is -1.03. The van der Waals surface area contributed by atoms with Gasteiger partial charge in [0.2, 0.25) is 0 Å². The fraction of sp³-hybridized carbons (Fsp3) is 0.800. The predicted octanol–water partition coefficient (Wildman–Crippen LogP) is 0.0261. The SMILES string of the molecule is COC(=O)C(C)(C)NC(=O)NC1CCOC1. The molecule has 1 atom stereocenters. The molecule has 0 aromatic heterocycles. The number of methoxy groups -OCH3 is 1. The Morgan fingerprint density at radius 1 is 1.44 bits per heavy atom. The van der Waals surface area contributed by atoms with E-state index >= 15 is 0 Å². The summed E-state index contributed by atoms with van der Waals surface area (Å²) >= 11 is 0. The second-order valence-corrected chi connectivity index (χ2v) is 4.28. The summed E-state index contributed by atoms with van der Waals surface area (Å²) in [4.78, 5) is 22.9. The molecule has 0 aliphatic carbocycles. The largest absolute Gasteiger partial charge is 0.467 e. The molecule has 0 radical (unpaired) electrons. The standard InChI is InChI=1S/C10H18N2O4/c1-10(2,8(13)15-3)12-9(14)11-7-4-5-16-6-7/h7H,4-6H2,1-3H3,(H2,11,12,14). The second-order valence-electron chi connectivity index (χ2n) is 4.28. The Labute approximate surface area is 94.7 Å². The number of amides is 2. The van der Waals surface area contributed by atoms with Gasteiger partial charge in [0.1, 0.15) is 5.54 Å². The number of urea groups is 1. The van der Waals surface area contributed by atoms with E-state index < -0.39 is 11.5 Å². The third-order valence-electron chi connectivity index (χ3n) is 2.39. The molecule has 1 aliphatic heterocycles. The van der Waals surface area contributed by atoms with E-state index in [2.05, 4.69) is 15.4 Å². The molecule has 1 fully saturated rings. The summed E-state index contributed by atoms with van der Waals surface area (Å²) in [7, 11) is 1.29. The number of carbonyl (C=O) groups is 2. The van der Waals surface area contributed by atoms with Gasteiger partial charge in [-0.2, -0.15) is 0 Å². The molecule has 1 aliphatic rings. The highest BCUT2D eigenvalue weighted by molar-refractivity contribution is 5.86. The minimum Gasteiger partial charge on any atom is -0.467 e. The van der Waals surface area contributed by atoms with Gasteiger partial charge in [-0.3, -0.25) is 0 Å². The molecule has 0 bridgehead atoms. The average molecular weight is 230 g/mol. The van der Waals surface area contributed by atoms with Crippen LogP contribution in [0.15, 0.2) is 0 Å². The lowest BCUT2D eigenvalue weighted by molar-refractivity contribution is -0.146. The van der Waals surface area contributed by atoms with E-state index in [0.29, 0.717) is 13.2 Å². The first kappa shape index (κ1) is 12.8. The predicted molar refractivity (Wildman–Crippen MR) is 57.0 cm³/mol. The molecule has 0 aromatic rings. The molecule has 1 heterocycles. The first-order valence-electron chi connectivity index (χ1n) is 5.20. The Balaban J connectivity index is 2.40. The Morgan fingerprint density at radius 2 is 2.12 bits per heavy atom. The summed E-state index contributed by atoms with van der Waals surface area (Å²) in [6, 6.07) is -0.362. The van der Waals surface area contributed by atoms with Crippen molar-refractivity contribution in [2.24, 2.45) is 0 Å². The van der Waals surface area contributed by atoms with Crippen molar-refractivity contribution in [3.63, 3.8) is 0 Å². The van der Waals surface area contributed by atoms with Crippen molar-refractivity contribution in [1.82, 2.24) is 10.6 Å². The maximum absolute atomic E-state index is 11.5. The monoisotopic (exact) mass is 230 g/mol. The lowest BCUT2D eigenvalue weighted by Gasteiger charge is -2.24. The topological polar surface area (TPSA) is 76.7 Å². The van der Waals surface area contributed by atoms with Gasteiger partial charge < -0.3 is 20.1 Å². The normalized spacial score (nSPS) is 20.3. The van der Waals surface area contributed by atoms with Gasteiger partial charge in [-0.05, 0) is 20.3 Å². The van der Waals surface area contributed by atoms with Crippen molar-refractivity contribution >= 4 is 12.0 Å². The van der Waals surface area contributed by atoms with Crippen LogP contribution in [-0.4, -0.2) is 43.9 Å². The van der Waals surface area contributed by atoms with Gasteiger partial charge in [-0.15, -0.1) is 0 Å². The molecule has 2 amide bonds. The highest BCUT2D eigenvalue weighted by atomic mass is 16.5. The molecule has 16 heavy (non-hydrogen) atoms. The molecule has 1 rings (SSSR count). The summed E-state index contributed by atoms with van der Waals surface area (Å²) in [5.74, 6) is -0.481. The minimum absolute atomic E-state index is 0.0217. The molecule has 0 aromatic carbocycles. The zero-order valence-electron chi connectivity index (χ0n) is 9.83. The van der Waals surface area contributed by atoms with Crippen LogP contribution in [0.5, 0.6) is 0 Å². The number of carbonyl (C=O) groups excluding carboxylic acids is 2. The lowest BCUT2D eigenvalue weighted by Crippen LogP contribution is -2.55. The van der Waals surface area contributed by atoms with Gasteiger partial charge in [0.05, 0.1) is 19.8 Å². The molecule has 6 nitrogen and oxygen atoms in total. The quantitative estimate of drug-likeness (QED) is 0.670. The van der Waals surface area contributed by atoms with Gasteiger partial charge in [0.25, 0.3) is 0 Å². The van der Waals surface area contributed by atoms with E-state index in [1.165, 1.54) is 7.11 Å². The van der Waals surface area contributed by atoms with Crippen molar-refractivity contribution in [3.8, 4) is 0 Å². The number of nitrogens with one attached hydrogen (secondary N) is 2. The molecule has 0 spiro atoms. The first-order chi connectivity index (χ1) is 7.45. The molecule has 2 N–H and O–H groups in total. The van der Waals surface area contributed by atoms with Gasteiger partial charge in [-0.1, -0.05) is 0 Å². The van der Waals surface area contributed by atoms with E-state index in [9.17, 15) is 9.59 Å². The maximum Gasteiger partial charge on any atom is 0.331 e. The number of hydrogen-bond acceptors (Lipinski definition) is 4. The van der Waals surface area contributed by atoms with E-state index in [1.807, 2.05) is 0 Å². The third-order valence-corrected chi connectivity index (χ3v) is 2.39. The lowest BCUT2D eigenvalue weighted by atomic mass is 10.1. The van der Waals surface area contributed by atoms with Gasteiger partial charge in [0.15, 0.2) is 0 Å². The Hall–Kier alpha value is -1.30. The first-order valence-corrected chi connectivity index (χ1v) is 5.20. The van der Waals surface area contributed by atoms with Crippen molar-refractivity contribution in [3.05, 3.63) is 0 Å². The van der Waals surface area contributed by atoms with Crippen molar-refractivity contribution in [1.29, 1.82) is 0 Å². The van der Waals surface area contributed by atoms with Crippen LogP contribution in [0, 0.1) is 0 Å². The molecular weight excluding hydrogens is 212 g/mol. The zero-order valence-corrected chi connectivity index (χ0v) is 9.83. The second kappa shape index (κ2) is 5.16. The number of ether oxygens (including phenoxy) is 2. The molecule has 1 saturated heterocycles. The highest BCUT2D eigenvalue weighted by Crippen LogP contribution is 2.06. The smallest absolute Gasteiger partial charge is 0.331 e.